The second-order valence-corrected chi connectivity index (χ2v) is 7.66. The Hall–Kier alpha value is -3.72. The van der Waals surface area contributed by atoms with Gasteiger partial charge in [-0.3, -0.25) is 19.8 Å². The quantitative estimate of drug-likeness (QED) is 0.430. The lowest BCUT2D eigenvalue weighted by molar-refractivity contribution is -0.384. The minimum atomic E-state index is -0.460. The zero-order chi connectivity index (χ0) is 22.5. The molecule has 1 unspecified atom stereocenters. The van der Waals surface area contributed by atoms with Crippen molar-refractivity contribution in [3.63, 3.8) is 0 Å². The van der Waals surface area contributed by atoms with Crippen LogP contribution in [0.1, 0.15) is 34.9 Å². The number of rotatable bonds is 8. The number of aromatic nitrogens is 2. The Morgan fingerprint density at radius 2 is 1.94 bits per heavy atom. The summed E-state index contributed by atoms with van der Waals surface area (Å²) in [6, 6.07) is 15.7. The van der Waals surface area contributed by atoms with E-state index in [4.69, 9.17) is 4.74 Å². The van der Waals surface area contributed by atoms with Crippen molar-refractivity contribution in [2.45, 2.75) is 18.9 Å². The molecule has 1 aliphatic heterocycles. The van der Waals surface area contributed by atoms with Gasteiger partial charge in [-0.25, -0.2) is 4.68 Å². The number of nitro benzene ring substituents is 1. The van der Waals surface area contributed by atoms with Crippen molar-refractivity contribution in [2.75, 3.05) is 26.7 Å². The highest BCUT2D eigenvalue weighted by Crippen LogP contribution is 2.26. The molecule has 1 N–H and O–H groups in total. The van der Waals surface area contributed by atoms with Crippen molar-refractivity contribution < 1.29 is 14.5 Å². The largest absolute Gasteiger partial charge is 0.497 e. The van der Waals surface area contributed by atoms with E-state index < -0.39 is 4.92 Å². The van der Waals surface area contributed by atoms with E-state index in [1.165, 1.54) is 16.8 Å². The van der Waals surface area contributed by atoms with Crippen LogP contribution in [0.5, 0.6) is 5.75 Å². The van der Waals surface area contributed by atoms with Gasteiger partial charge < -0.3 is 10.1 Å². The van der Waals surface area contributed by atoms with E-state index >= 15 is 0 Å². The summed E-state index contributed by atoms with van der Waals surface area (Å²) >= 11 is 0. The number of carbonyl (C=O) groups is 1. The van der Waals surface area contributed by atoms with Crippen LogP contribution in [0, 0.1) is 10.1 Å². The summed E-state index contributed by atoms with van der Waals surface area (Å²) in [6.45, 7) is 2.44. The van der Waals surface area contributed by atoms with Crippen LogP contribution < -0.4 is 10.1 Å². The maximum Gasteiger partial charge on any atom is 0.271 e. The first-order valence-corrected chi connectivity index (χ1v) is 10.5. The topological polar surface area (TPSA) is 103 Å². The van der Waals surface area contributed by atoms with Gasteiger partial charge in [0.25, 0.3) is 11.6 Å². The van der Waals surface area contributed by atoms with Crippen molar-refractivity contribution in [3.8, 4) is 11.4 Å². The molecule has 9 heteroatoms. The van der Waals surface area contributed by atoms with Gasteiger partial charge in [-0.2, -0.15) is 5.10 Å². The zero-order valence-electron chi connectivity index (χ0n) is 17.8. The summed E-state index contributed by atoms with van der Waals surface area (Å²) < 4.78 is 6.72. The number of likely N-dealkylation sites (tertiary alicyclic amines) is 1. The van der Waals surface area contributed by atoms with Crippen LogP contribution in [0.15, 0.2) is 60.8 Å². The number of hydrogen-bond acceptors (Lipinski definition) is 6. The molecule has 166 valence electrons. The minimum Gasteiger partial charge on any atom is -0.497 e. The second-order valence-electron chi connectivity index (χ2n) is 7.66. The Labute approximate surface area is 185 Å². The molecule has 2 heterocycles. The van der Waals surface area contributed by atoms with Crippen molar-refractivity contribution in [2.24, 2.45) is 0 Å². The normalized spacial score (nSPS) is 14.8. The van der Waals surface area contributed by atoms with Crippen LogP contribution >= 0.6 is 0 Å². The second kappa shape index (κ2) is 9.61. The summed E-state index contributed by atoms with van der Waals surface area (Å²) in [5.74, 6) is 0.511. The van der Waals surface area contributed by atoms with Crippen LogP contribution in [0.3, 0.4) is 0 Å². The molecule has 1 saturated heterocycles. The van der Waals surface area contributed by atoms with Crippen LogP contribution in [-0.4, -0.2) is 52.3 Å². The standard InChI is InChI=1S/C23H25N5O4/c1-32-20-9-7-17(8-10-20)22(26-12-2-3-13-26)16-24-23(29)21-11-14-27(25-21)18-5-4-6-19(15-18)28(30)31/h4-11,14-15,22H,2-3,12-13,16H2,1H3,(H,24,29). The van der Waals surface area contributed by atoms with E-state index in [0.717, 1.165) is 37.2 Å². The van der Waals surface area contributed by atoms with Gasteiger partial charge in [0.05, 0.1) is 23.8 Å². The van der Waals surface area contributed by atoms with E-state index in [1.54, 1.807) is 31.5 Å². The maximum atomic E-state index is 12.8. The molecule has 9 nitrogen and oxygen atoms in total. The van der Waals surface area contributed by atoms with E-state index in [-0.39, 0.29) is 23.3 Å². The number of non-ortho nitro benzene ring substituents is 1. The fourth-order valence-electron chi connectivity index (χ4n) is 3.95. The number of amides is 1. The van der Waals surface area contributed by atoms with Crippen molar-refractivity contribution in [1.82, 2.24) is 20.0 Å². The molecular weight excluding hydrogens is 410 g/mol. The lowest BCUT2D eigenvalue weighted by atomic mass is 10.1. The average molecular weight is 435 g/mol. The molecule has 4 rings (SSSR count). The molecule has 0 radical (unpaired) electrons. The number of nitrogens with zero attached hydrogens (tertiary/aromatic N) is 4. The third-order valence-corrected chi connectivity index (χ3v) is 5.66. The van der Waals surface area contributed by atoms with Gasteiger partial charge in [-0.05, 0) is 55.8 Å². The molecule has 32 heavy (non-hydrogen) atoms. The number of benzene rings is 2. The SMILES string of the molecule is COc1ccc(C(CNC(=O)c2ccn(-c3cccc([N+](=O)[O-])c3)n2)N2CCCC2)cc1. The number of carbonyl (C=O) groups excluding carboxylic acids is 1. The number of hydrogen-bond donors (Lipinski definition) is 1. The van der Waals surface area contributed by atoms with Crippen LogP contribution in [0.4, 0.5) is 5.69 Å². The van der Waals surface area contributed by atoms with Gasteiger partial charge in [0, 0.05) is 24.9 Å². The fourth-order valence-corrected chi connectivity index (χ4v) is 3.95. The lowest BCUT2D eigenvalue weighted by Gasteiger charge is -2.28. The highest BCUT2D eigenvalue weighted by Gasteiger charge is 2.24. The first-order valence-electron chi connectivity index (χ1n) is 10.5. The predicted molar refractivity (Wildman–Crippen MR) is 119 cm³/mol. The van der Waals surface area contributed by atoms with Crippen molar-refractivity contribution >= 4 is 11.6 Å². The van der Waals surface area contributed by atoms with E-state index in [2.05, 4.69) is 15.3 Å². The Kier molecular flexibility index (Phi) is 6.46. The number of nitrogens with one attached hydrogen (secondary N) is 1. The first kappa shape index (κ1) is 21.5. The average Bonchev–Trinajstić information content (AvgIpc) is 3.52. The molecule has 0 spiro atoms. The Morgan fingerprint density at radius 1 is 1.19 bits per heavy atom. The molecule has 1 atom stereocenters. The molecule has 0 saturated carbocycles. The molecule has 0 bridgehead atoms. The van der Waals surface area contributed by atoms with Crippen molar-refractivity contribution in [1.29, 1.82) is 0 Å². The molecule has 3 aromatic rings. The number of nitro groups is 1. The van der Waals surface area contributed by atoms with Gasteiger partial charge in [0.15, 0.2) is 5.69 Å². The van der Waals surface area contributed by atoms with Gasteiger partial charge in [0.2, 0.25) is 0 Å². The summed E-state index contributed by atoms with van der Waals surface area (Å²) in [4.78, 5) is 25.7. The lowest BCUT2D eigenvalue weighted by Crippen LogP contribution is -2.37. The fraction of sp³-hybridized carbons (Fsp3) is 0.304. The highest BCUT2D eigenvalue weighted by molar-refractivity contribution is 5.92. The summed E-state index contributed by atoms with van der Waals surface area (Å²) in [5, 5.41) is 18.3. The first-order chi connectivity index (χ1) is 15.5. The number of ether oxygens (including phenoxy) is 1. The molecule has 1 fully saturated rings. The summed E-state index contributed by atoms with van der Waals surface area (Å²) in [5.41, 5.74) is 1.87. The van der Waals surface area contributed by atoms with Crippen LogP contribution in [0.25, 0.3) is 5.69 Å². The molecule has 0 aliphatic carbocycles. The van der Waals surface area contributed by atoms with Crippen LogP contribution in [0.2, 0.25) is 0 Å². The molecule has 1 aromatic heterocycles. The van der Waals surface area contributed by atoms with E-state index in [0.29, 0.717) is 12.2 Å². The monoisotopic (exact) mass is 435 g/mol. The molecular formula is C23H25N5O4. The third kappa shape index (κ3) is 4.78. The smallest absolute Gasteiger partial charge is 0.271 e. The third-order valence-electron chi connectivity index (χ3n) is 5.66. The Morgan fingerprint density at radius 3 is 2.62 bits per heavy atom. The maximum absolute atomic E-state index is 12.8. The highest BCUT2D eigenvalue weighted by atomic mass is 16.6. The predicted octanol–water partition coefficient (Wildman–Crippen LogP) is 3.36. The van der Waals surface area contributed by atoms with Gasteiger partial charge >= 0.3 is 0 Å². The van der Waals surface area contributed by atoms with Gasteiger partial charge in [-0.1, -0.05) is 18.2 Å². The summed E-state index contributed by atoms with van der Waals surface area (Å²) in [7, 11) is 1.64. The van der Waals surface area contributed by atoms with Crippen LogP contribution in [-0.2, 0) is 0 Å². The molecule has 2 aromatic carbocycles. The van der Waals surface area contributed by atoms with E-state index in [9.17, 15) is 14.9 Å². The van der Waals surface area contributed by atoms with E-state index in [1.807, 2.05) is 24.3 Å². The van der Waals surface area contributed by atoms with Gasteiger partial charge in [0.1, 0.15) is 5.75 Å². The summed E-state index contributed by atoms with van der Waals surface area (Å²) in [6.07, 6.45) is 3.91. The Balaban J connectivity index is 1.46. The molecule has 1 amide bonds. The van der Waals surface area contributed by atoms with Gasteiger partial charge in [-0.15, -0.1) is 0 Å². The molecule has 1 aliphatic rings. The number of methoxy groups -OCH3 is 1. The Bertz CT molecular complexity index is 1090. The van der Waals surface area contributed by atoms with Crippen molar-refractivity contribution in [3.05, 3.63) is 82.2 Å². The zero-order valence-corrected chi connectivity index (χ0v) is 17.8. The minimum absolute atomic E-state index is 0.0306.